The molecule has 0 unspecified atom stereocenters. The van der Waals surface area contributed by atoms with Gasteiger partial charge < -0.3 is 9.47 Å². The maximum atomic E-state index is 13.5. The van der Waals surface area contributed by atoms with Crippen LogP contribution in [0.2, 0.25) is 0 Å². The number of rotatable bonds is 6. The summed E-state index contributed by atoms with van der Waals surface area (Å²) in [4.78, 5) is 26.4. The number of alkyl halides is 3. The van der Waals surface area contributed by atoms with E-state index in [-0.39, 0.29) is 11.8 Å². The van der Waals surface area contributed by atoms with Crippen molar-refractivity contribution in [3.8, 4) is 5.75 Å². The maximum Gasteiger partial charge on any atom is 0.417 e. The molecule has 0 N–H and O–H groups in total. The van der Waals surface area contributed by atoms with Gasteiger partial charge in [0, 0.05) is 6.07 Å². The van der Waals surface area contributed by atoms with E-state index in [9.17, 15) is 22.8 Å². The number of nitrogens with zero attached hydrogens (tertiary/aromatic N) is 1. The van der Waals surface area contributed by atoms with Crippen LogP contribution in [0, 0.1) is 5.41 Å². The van der Waals surface area contributed by atoms with Gasteiger partial charge in [-0.05, 0) is 58.9 Å². The molecule has 2 aromatic carbocycles. The van der Waals surface area contributed by atoms with Crippen molar-refractivity contribution in [2.24, 2.45) is 5.41 Å². The minimum absolute atomic E-state index is 0.149. The highest BCUT2D eigenvalue weighted by Gasteiger charge is 2.36. The van der Waals surface area contributed by atoms with Crippen LogP contribution in [-0.2, 0) is 15.7 Å². The number of amides is 1. The molecule has 0 aliphatic rings. The first-order valence-corrected chi connectivity index (χ1v) is 9.72. The van der Waals surface area contributed by atoms with Crippen LogP contribution in [0.25, 0.3) is 0 Å². The van der Waals surface area contributed by atoms with Gasteiger partial charge in [-0.15, -0.1) is 0 Å². The predicted molar refractivity (Wildman–Crippen MR) is 111 cm³/mol. The summed E-state index contributed by atoms with van der Waals surface area (Å²) in [6.45, 7) is 8.00. The summed E-state index contributed by atoms with van der Waals surface area (Å²) in [5, 5.41) is 0. The van der Waals surface area contributed by atoms with Gasteiger partial charge in [0.05, 0.1) is 28.3 Å². The van der Waals surface area contributed by atoms with E-state index in [4.69, 9.17) is 9.47 Å². The molecule has 0 aromatic heterocycles. The van der Waals surface area contributed by atoms with Crippen molar-refractivity contribution in [1.29, 1.82) is 0 Å². The Bertz CT molecular complexity index is 933. The zero-order chi connectivity index (χ0) is 23.4. The second-order valence-electron chi connectivity index (χ2n) is 8.25. The molecule has 5 nitrogen and oxygen atoms in total. The molecule has 0 atom stereocenters. The molecule has 0 fully saturated rings. The van der Waals surface area contributed by atoms with Gasteiger partial charge in [-0.3, -0.25) is 14.5 Å². The smallest absolute Gasteiger partial charge is 0.417 e. The van der Waals surface area contributed by atoms with E-state index in [0.717, 1.165) is 17.0 Å². The van der Waals surface area contributed by atoms with Gasteiger partial charge in [0.1, 0.15) is 5.75 Å². The van der Waals surface area contributed by atoms with Crippen LogP contribution >= 0.6 is 0 Å². The summed E-state index contributed by atoms with van der Waals surface area (Å²) in [5.74, 6) is -1.11. The van der Waals surface area contributed by atoms with Gasteiger partial charge in [-0.2, -0.15) is 13.2 Å². The first kappa shape index (κ1) is 24.2. The lowest BCUT2D eigenvalue weighted by Gasteiger charge is -2.26. The molecule has 0 radical (unpaired) electrons. The number of hydrogen-bond donors (Lipinski definition) is 0. The van der Waals surface area contributed by atoms with Crippen molar-refractivity contribution in [2.75, 3.05) is 11.6 Å². The highest BCUT2D eigenvalue weighted by molar-refractivity contribution is 6.07. The Kier molecular flexibility index (Phi) is 7.36. The fourth-order valence-corrected chi connectivity index (χ4v) is 2.65. The lowest BCUT2D eigenvalue weighted by Crippen LogP contribution is -2.37. The zero-order valence-corrected chi connectivity index (χ0v) is 18.1. The van der Waals surface area contributed by atoms with Crippen LogP contribution in [0.4, 0.5) is 18.9 Å². The molecule has 2 aromatic rings. The molecule has 2 rings (SSSR count). The Morgan fingerprint density at radius 3 is 2.23 bits per heavy atom. The van der Waals surface area contributed by atoms with Crippen molar-refractivity contribution in [3.05, 3.63) is 59.7 Å². The third-order valence-corrected chi connectivity index (χ3v) is 4.15. The number of esters is 1. The summed E-state index contributed by atoms with van der Waals surface area (Å²) >= 11 is 0. The number of benzene rings is 2. The molecule has 0 bridgehead atoms. The lowest BCUT2D eigenvalue weighted by atomic mass is 9.97. The molecular weight excluding hydrogens is 411 g/mol. The number of carbonyl (C=O) groups is 2. The van der Waals surface area contributed by atoms with E-state index >= 15 is 0 Å². The second kappa shape index (κ2) is 9.41. The minimum Gasteiger partial charge on any atom is -0.491 e. The zero-order valence-electron chi connectivity index (χ0n) is 18.1. The molecule has 8 heteroatoms. The van der Waals surface area contributed by atoms with E-state index in [1.54, 1.807) is 32.9 Å². The Hall–Kier alpha value is -3.03. The van der Waals surface area contributed by atoms with Crippen LogP contribution in [0.3, 0.4) is 0 Å². The normalized spacial score (nSPS) is 11.9. The standard InChI is InChI=1S/C23H26F3NO4/c1-15(2)31-17-10-8-9-16(13-17)27(14-30-21(29)22(3,4)5)20(28)18-11-6-7-12-19(18)23(24,25)26/h6-13,15H,14H2,1-5H3. The van der Waals surface area contributed by atoms with E-state index < -0.39 is 41.3 Å². The first-order chi connectivity index (χ1) is 14.3. The van der Waals surface area contributed by atoms with Crippen molar-refractivity contribution >= 4 is 17.6 Å². The van der Waals surface area contributed by atoms with E-state index in [1.807, 2.05) is 13.8 Å². The number of anilines is 1. The van der Waals surface area contributed by atoms with E-state index in [0.29, 0.717) is 5.75 Å². The van der Waals surface area contributed by atoms with Crippen LogP contribution < -0.4 is 9.64 Å². The Morgan fingerprint density at radius 1 is 1.00 bits per heavy atom. The van der Waals surface area contributed by atoms with Gasteiger partial charge in [0.25, 0.3) is 5.91 Å². The summed E-state index contributed by atoms with van der Waals surface area (Å²) in [6, 6.07) is 10.8. The summed E-state index contributed by atoms with van der Waals surface area (Å²) in [5.41, 5.74) is -2.22. The molecular formula is C23H26F3NO4. The quantitative estimate of drug-likeness (QED) is 0.431. The third kappa shape index (κ3) is 6.47. The average Bonchev–Trinajstić information content (AvgIpc) is 2.66. The topological polar surface area (TPSA) is 55.8 Å². The Balaban J connectivity index is 2.48. The summed E-state index contributed by atoms with van der Waals surface area (Å²) in [6.07, 6.45) is -4.87. The largest absolute Gasteiger partial charge is 0.491 e. The second-order valence-corrected chi connectivity index (χ2v) is 8.25. The highest BCUT2D eigenvalue weighted by Crippen LogP contribution is 2.33. The lowest BCUT2D eigenvalue weighted by molar-refractivity contribution is -0.152. The summed E-state index contributed by atoms with van der Waals surface area (Å²) < 4.78 is 51.3. The highest BCUT2D eigenvalue weighted by atomic mass is 19.4. The SMILES string of the molecule is CC(C)Oc1cccc(N(COC(=O)C(C)(C)C)C(=O)c2ccccc2C(F)(F)F)c1. The third-order valence-electron chi connectivity index (χ3n) is 4.15. The molecule has 0 aliphatic carbocycles. The van der Waals surface area contributed by atoms with Gasteiger partial charge in [0.15, 0.2) is 6.73 Å². The Morgan fingerprint density at radius 2 is 1.65 bits per heavy atom. The van der Waals surface area contributed by atoms with Crippen molar-refractivity contribution in [2.45, 2.75) is 46.9 Å². The monoisotopic (exact) mass is 437 g/mol. The van der Waals surface area contributed by atoms with Crippen LogP contribution in [0.5, 0.6) is 5.75 Å². The van der Waals surface area contributed by atoms with Crippen LogP contribution in [-0.4, -0.2) is 24.7 Å². The van der Waals surface area contributed by atoms with Crippen LogP contribution in [0.15, 0.2) is 48.5 Å². The number of hydrogen-bond acceptors (Lipinski definition) is 4. The Labute approximate surface area is 179 Å². The maximum absolute atomic E-state index is 13.5. The fraction of sp³-hybridized carbons (Fsp3) is 0.391. The van der Waals surface area contributed by atoms with Crippen molar-refractivity contribution in [1.82, 2.24) is 0 Å². The molecule has 31 heavy (non-hydrogen) atoms. The molecule has 0 heterocycles. The molecule has 0 aliphatic heterocycles. The number of ether oxygens (including phenoxy) is 2. The van der Waals surface area contributed by atoms with Gasteiger partial charge in [-0.25, -0.2) is 0 Å². The van der Waals surface area contributed by atoms with Crippen molar-refractivity contribution < 1.29 is 32.2 Å². The van der Waals surface area contributed by atoms with E-state index in [1.165, 1.54) is 24.3 Å². The molecule has 0 saturated carbocycles. The fourth-order valence-electron chi connectivity index (χ4n) is 2.65. The molecule has 0 saturated heterocycles. The van der Waals surface area contributed by atoms with Crippen molar-refractivity contribution in [3.63, 3.8) is 0 Å². The summed E-state index contributed by atoms with van der Waals surface area (Å²) in [7, 11) is 0. The minimum atomic E-state index is -4.72. The van der Waals surface area contributed by atoms with Crippen LogP contribution in [0.1, 0.15) is 50.5 Å². The predicted octanol–water partition coefficient (Wildman–Crippen LogP) is 5.69. The molecule has 168 valence electrons. The molecule has 1 amide bonds. The van der Waals surface area contributed by atoms with Gasteiger partial charge in [-0.1, -0.05) is 18.2 Å². The number of carbonyl (C=O) groups excluding carboxylic acids is 2. The van der Waals surface area contributed by atoms with Gasteiger partial charge in [0.2, 0.25) is 0 Å². The molecule has 0 spiro atoms. The number of halogens is 3. The average molecular weight is 437 g/mol. The van der Waals surface area contributed by atoms with Gasteiger partial charge >= 0.3 is 12.1 Å². The first-order valence-electron chi connectivity index (χ1n) is 9.72. The van der Waals surface area contributed by atoms with E-state index in [2.05, 4.69) is 0 Å².